The van der Waals surface area contributed by atoms with E-state index in [0.717, 1.165) is 34.1 Å². The minimum absolute atomic E-state index is 0.808. The van der Waals surface area contributed by atoms with Crippen molar-refractivity contribution in [3.05, 3.63) is 162 Å². The SMILES string of the molecule is Cc1ccc(N(c2ccc(/C=C/C=C/c3ccccc3)cc2)c2ccc(Oc3ccccc3)cc2)cc1. The van der Waals surface area contributed by atoms with Crippen molar-refractivity contribution in [3.63, 3.8) is 0 Å². The first-order valence-electron chi connectivity index (χ1n) is 12.4. The van der Waals surface area contributed by atoms with Crippen LogP contribution in [0.15, 0.2) is 146 Å². The summed E-state index contributed by atoms with van der Waals surface area (Å²) in [7, 11) is 0. The van der Waals surface area contributed by atoms with Gasteiger partial charge in [0, 0.05) is 17.1 Å². The predicted molar refractivity (Wildman–Crippen MR) is 157 cm³/mol. The monoisotopic (exact) mass is 479 g/mol. The number of anilines is 3. The van der Waals surface area contributed by atoms with Gasteiger partial charge in [0.25, 0.3) is 0 Å². The van der Waals surface area contributed by atoms with Crippen molar-refractivity contribution < 1.29 is 4.74 Å². The van der Waals surface area contributed by atoms with Crippen LogP contribution in [-0.4, -0.2) is 0 Å². The number of hydrogen-bond donors (Lipinski definition) is 0. The van der Waals surface area contributed by atoms with E-state index in [1.165, 1.54) is 11.1 Å². The maximum atomic E-state index is 6.00. The second-order valence-corrected chi connectivity index (χ2v) is 8.80. The first-order valence-corrected chi connectivity index (χ1v) is 12.4. The van der Waals surface area contributed by atoms with E-state index in [0.29, 0.717) is 0 Å². The second kappa shape index (κ2) is 11.7. The van der Waals surface area contributed by atoms with Gasteiger partial charge in [-0.25, -0.2) is 0 Å². The molecule has 5 aromatic carbocycles. The topological polar surface area (TPSA) is 12.5 Å². The number of aryl methyl sites for hydroxylation is 1. The lowest BCUT2D eigenvalue weighted by molar-refractivity contribution is 0.483. The molecule has 2 heteroatoms. The molecule has 0 aliphatic rings. The quantitative estimate of drug-likeness (QED) is 0.205. The Kier molecular flexibility index (Phi) is 7.58. The van der Waals surface area contributed by atoms with Gasteiger partial charge in [0.15, 0.2) is 0 Å². The summed E-state index contributed by atoms with van der Waals surface area (Å²) in [5, 5.41) is 0. The molecule has 0 atom stereocenters. The van der Waals surface area contributed by atoms with Crippen LogP contribution < -0.4 is 9.64 Å². The van der Waals surface area contributed by atoms with Crippen LogP contribution in [0.3, 0.4) is 0 Å². The Morgan fingerprint density at radius 2 is 0.892 bits per heavy atom. The molecule has 0 amide bonds. The summed E-state index contributed by atoms with van der Waals surface area (Å²) >= 11 is 0. The molecule has 0 bridgehead atoms. The number of ether oxygens (including phenoxy) is 1. The maximum Gasteiger partial charge on any atom is 0.127 e. The molecule has 37 heavy (non-hydrogen) atoms. The molecular weight excluding hydrogens is 450 g/mol. The number of rotatable bonds is 8. The van der Waals surface area contributed by atoms with Crippen LogP contribution in [0.4, 0.5) is 17.1 Å². The van der Waals surface area contributed by atoms with E-state index in [9.17, 15) is 0 Å². The van der Waals surface area contributed by atoms with Crippen LogP contribution >= 0.6 is 0 Å². The van der Waals surface area contributed by atoms with Gasteiger partial charge in [-0.2, -0.15) is 0 Å². The summed E-state index contributed by atoms with van der Waals surface area (Å²) in [6.07, 6.45) is 8.37. The molecule has 5 rings (SSSR count). The molecule has 0 spiro atoms. The van der Waals surface area contributed by atoms with Gasteiger partial charge >= 0.3 is 0 Å². The molecule has 0 saturated heterocycles. The molecule has 0 heterocycles. The number of hydrogen-bond acceptors (Lipinski definition) is 2. The summed E-state index contributed by atoms with van der Waals surface area (Å²) in [6.45, 7) is 2.11. The van der Waals surface area contributed by atoms with E-state index in [1.54, 1.807) is 0 Å². The van der Waals surface area contributed by atoms with E-state index in [4.69, 9.17) is 4.74 Å². The summed E-state index contributed by atoms with van der Waals surface area (Å²) in [5.41, 5.74) is 6.85. The average Bonchev–Trinajstić information content (AvgIpc) is 2.95. The zero-order valence-corrected chi connectivity index (χ0v) is 20.9. The highest BCUT2D eigenvalue weighted by molar-refractivity contribution is 5.77. The highest BCUT2D eigenvalue weighted by Crippen LogP contribution is 2.36. The molecular formula is C35H29NO. The van der Waals surface area contributed by atoms with Crippen LogP contribution in [0.2, 0.25) is 0 Å². The molecule has 0 saturated carbocycles. The van der Waals surface area contributed by atoms with E-state index < -0.39 is 0 Å². The van der Waals surface area contributed by atoms with E-state index in [-0.39, 0.29) is 0 Å². The minimum atomic E-state index is 0.808. The number of nitrogens with zero attached hydrogens (tertiary/aromatic N) is 1. The van der Waals surface area contributed by atoms with Crippen molar-refractivity contribution in [2.24, 2.45) is 0 Å². The fourth-order valence-electron chi connectivity index (χ4n) is 4.06. The van der Waals surface area contributed by atoms with Gasteiger partial charge in [0.05, 0.1) is 0 Å². The van der Waals surface area contributed by atoms with Gasteiger partial charge in [0.2, 0.25) is 0 Å². The Balaban J connectivity index is 1.37. The van der Waals surface area contributed by atoms with Gasteiger partial charge in [-0.3, -0.25) is 0 Å². The van der Waals surface area contributed by atoms with Gasteiger partial charge in [-0.05, 0) is 78.7 Å². The number of allylic oxidation sites excluding steroid dienone is 2. The lowest BCUT2D eigenvalue weighted by atomic mass is 10.1. The zero-order valence-electron chi connectivity index (χ0n) is 20.9. The first-order chi connectivity index (χ1) is 18.2. The average molecular weight is 480 g/mol. The Morgan fingerprint density at radius 1 is 0.459 bits per heavy atom. The minimum Gasteiger partial charge on any atom is -0.457 e. The van der Waals surface area contributed by atoms with Crippen molar-refractivity contribution in [2.45, 2.75) is 6.92 Å². The van der Waals surface area contributed by atoms with Crippen molar-refractivity contribution in [3.8, 4) is 11.5 Å². The smallest absolute Gasteiger partial charge is 0.127 e. The molecule has 0 fully saturated rings. The molecule has 180 valence electrons. The fraction of sp³-hybridized carbons (Fsp3) is 0.0286. The standard InChI is InChI=1S/C35H29NO/c1-28-16-20-31(21-17-28)36(33-24-26-35(27-25-33)37-34-14-6-3-7-15-34)32-22-18-30(19-23-32)13-9-8-12-29-10-4-2-5-11-29/h2-27H,1H3/b12-8+,13-9+. The Hall–Kier alpha value is -4.82. The molecule has 0 unspecified atom stereocenters. The number of benzene rings is 5. The van der Waals surface area contributed by atoms with Crippen molar-refractivity contribution in [2.75, 3.05) is 4.90 Å². The Morgan fingerprint density at radius 3 is 1.46 bits per heavy atom. The van der Waals surface area contributed by atoms with Crippen LogP contribution in [0.1, 0.15) is 16.7 Å². The summed E-state index contributed by atoms with van der Waals surface area (Å²) < 4.78 is 6.00. The molecule has 0 aliphatic heterocycles. The Labute approximate surface area is 219 Å². The zero-order chi connectivity index (χ0) is 25.3. The molecule has 2 nitrogen and oxygen atoms in total. The van der Waals surface area contributed by atoms with Crippen LogP contribution in [-0.2, 0) is 0 Å². The lowest BCUT2D eigenvalue weighted by Gasteiger charge is -2.26. The second-order valence-electron chi connectivity index (χ2n) is 8.80. The van der Waals surface area contributed by atoms with Gasteiger partial charge in [0.1, 0.15) is 11.5 Å². The van der Waals surface area contributed by atoms with Crippen molar-refractivity contribution >= 4 is 29.2 Å². The summed E-state index contributed by atoms with van der Waals surface area (Å²) in [4.78, 5) is 2.26. The van der Waals surface area contributed by atoms with Gasteiger partial charge in [-0.15, -0.1) is 0 Å². The third-order valence-corrected chi connectivity index (χ3v) is 6.01. The normalized spacial score (nSPS) is 11.2. The van der Waals surface area contributed by atoms with Crippen molar-refractivity contribution in [1.82, 2.24) is 0 Å². The maximum absolute atomic E-state index is 6.00. The Bertz CT molecular complexity index is 1450. The van der Waals surface area contributed by atoms with Crippen molar-refractivity contribution in [1.29, 1.82) is 0 Å². The predicted octanol–water partition coefficient (Wildman–Crippen LogP) is 9.98. The van der Waals surface area contributed by atoms with Crippen LogP contribution in [0.25, 0.3) is 12.2 Å². The third-order valence-electron chi connectivity index (χ3n) is 6.01. The molecule has 0 N–H and O–H groups in total. The highest BCUT2D eigenvalue weighted by Gasteiger charge is 2.12. The largest absolute Gasteiger partial charge is 0.457 e. The van der Waals surface area contributed by atoms with Crippen LogP contribution in [0, 0.1) is 6.92 Å². The lowest BCUT2D eigenvalue weighted by Crippen LogP contribution is -2.09. The number of para-hydroxylation sites is 1. The van der Waals surface area contributed by atoms with E-state index in [2.05, 4.69) is 109 Å². The highest BCUT2D eigenvalue weighted by atomic mass is 16.5. The summed E-state index contributed by atoms with van der Waals surface area (Å²) in [6, 6.07) is 45.6. The third kappa shape index (κ3) is 6.45. The van der Waals surface area contributed by atoms with Crippen LogP contribution in [0.5, 0.6) is 11.5 Å². The summed E-state index contributed by atoms with van der Waals surface area (Å²) in [5.74, 6) is 1.63. The van der Waals surface area contributed by atoms with Gasteiger partial charge in [-0.1, -0.05) is 103 Å². The van der Waals surface area contributed by atoms with Gasteiger partial charge < -0.3 is 9.64 Å². The van der Waals surface area contributed by atoms with E-state index in [1.807, 2.05) is 60.7 Å². The molecule has 0 radical (unpaired) electrons. The van der Waals surface area contributed by atoms with E-state index >= 15 is 0 Å². The molecule has 0 aromatic heterocycles. The molecule has 5 aromatic rings. The molecule has 0 aliphatic carbocycles. The first kappa shape index (κ1) is 23.9. The fourth-order valence-corrected chi connectivity index (χ4v) is 4.06.